The van der Waals surface area contributed by atoms with Gasteiger partial charge in [0.15, 0.2) is 5.13 Å². The number of thiazole rings is 1. The molecule has 1 aromatic carbocycles. The summed E-state index contributed by atoms with van der Waals surface area (Å²) in [5, 5.41) is 0.720. The van der Waals surface area contributed by atoms with Crippen LogP contribution < -0.4 is 15.5 Å². The summed E-state index contributed by atoms with van der Waals surface area (Å²) >= 11 is 4.82. The first-order valence-corrected chi connectivity index (χ1v) is 10.8. The minimum Gasteiger partial charge on any atom is -0.378 e. The van der Waals surface area contributed by atoms with E-state index in [2.05, 4.69) is 25.8 Å². The zero-order valence-electron chi connectivity index (χ0n) is 15.5. The minimum atomic E-state index is -0.544. The standard InChI is InChI=1S/C19H21BrN4O3S/c1-11-9-12-13(20)3-2-4-15(12)24(11)16(25)10-14-17(18(21)26)28-19(22-14)23-5-7-27-8-6-23/h2-4,11H,5-10H2,1H3,(H2,21,26)/t11-/m1/s1. The summed E-state index contributed by atoms with van der Waals surface area (Å²) in [5.41, 5.74) is 8.07. The van der Waals surface area contributed by atoms with Crippen molar-refractivity contribution >= 4 is 49.9 Å². The normalized spacial score (nSPS) is 19.0. The number of fused-ring (bicyclic) bond motifs is 1. The number of hydrogen-bond donors (Lipinski definition) is 1. The van der Waals surface area contributed by atoms with E-state index >= 15 is 0 Å². The van der Waals surface area contributed by atoms with Crippen LogP contribution >= 0.6 is 27.3 Å². The van der Waals surface area contributed by atoms with E-state index in [1.54, 1.807) is 4.90 Å². The molecule has 148 valence electrons. The van der Waals surface area contributed by atoms with Crippen molar-refractivity contribution in [2.45, 2.75) is 25.8 Å². The molecule has 0 aliphatic carbocycles. The van der Waals surface area contributed by atoms with Gasteiger partial charge in [0.05, 0.1) is 25.3 Å². The number of aromatic nitrogens is 1. The Labute approximate surface area is 175 Å². The molecule has 0 bridgehead atoms. The van der Waals surface area contributed by atoms with Crippen LogP contribution in [0.3, 0.4) is 0 Å². The van der Waals surface area contributed by atoms with Crippen LogP contribution in [0.5, 0.6) is 0 Å². The third-order valence-electron chi connectivity index (χ3n) is 5.07. The number of carbonyl (C=O) groups is 2. The molecule has 28 heavy (non-hydrogen) atoms. The number of ether oxygens (including phenoxy) is 1. The van der Waals surface area contributed by atoms with E-state index in [1.807, 2.05) is 25.1 Å². The molecule has 0 saturated carbocycles. The van der Waals surface area contributed by atoms with Gasteiger partial charge in [0, 0.05) is 29.3 Å². The molecule has 2 amide bonds. The minimum absolute atomic E-state index is 0.0510. The van der Waals surface area contributed by atoms with Gasteiger partial charge in [0.1, 0.15) is 4.88 Å². The van der Waals surface area contributed by atoms with Gasteiger partial charge in [0.25, 0.3) is 5.91 Å². The Balaban J connectivity index is 1.60. The van der Waals surface area contributed by atoms with Crippen LogP contribution in [0.25, 0.3) is 0 Å². The van der Waals surface area contributed by atoms with Crippen LogP contribution in [0.4, 0.5) is 10.8 Å². The number of nitrogens with two attached hydrogens (primary N) is 1. The number of halogens is 1. The lowest BCUT2D eigenvalue weighted by Gasteiger charge is -2.26. The maximum absolute atomic E-state index is 13.1. The highest BCUT2D eigenvalue weighted by molar-refractivity contribution is 9.10. The molecule has 4 rings (SSSR count). The van der Waals surface area contributed by atoms with Crippen LogP contribution in [0.2, 0.25) is 0 Å². The van der Waals surface area contributed by atoms with Gasteiger partial charge in [-0.15, -0.1) is 0 Å². The lowest BCUT2D eigenvalue weighted by molar-refractivity contribution is -0.118. The molecule has 1 atom stereocenters. The van der Waals surface area contributed by atoms with E-state index in [0.717, 1.165) is 27.3 Å². The third kappa shape index (κ3) is 3.54. The van der Waals surface area contributed by atoms with Gasteiger partial charge in [-0.2, -0.15) is 0 Å². The SMILES string of the molecule is C[C@@H]1Cc2c(Br)cccc2N1C(=O)Cc1nc(N2CCOCC2)sc1C(N)=O. The van der Waals surface area contributed by atoms with Gasteiger partial charge in [-0.25, -0.2) is 4.98 Å². The number of nitrogens with zero attached hydrogens (tertiary/aromatic N) is 3. The molecule has 1 saturated heterocycles. The second-order valence-electron chi connectivity index (χ2n) is 6.97. The molecule has 2 aliphatic heterocycles. The largest absolute Gasteiger partial charge is 0.378 e. The molecular weight excluding hydrogens is 444 g/mol. The number of hydrogen-bond acceptors (Lipinski definition) is 6. The highest BCUT2D eigenvalue weighted by atomic mass is 79.9. The van der Waals surface area contributed by atoms with Crippen molar-refractivity contribution in [1.29, 1.82) is 0 Å². The van der Waals surface area contributed by atoms with Crippen molar-refractivity contribution in [2.24, 2.45) is 5.73 Å². The Kier molecular flexibility index (Phi) is 5.39. The molecule has 1 aromatic heterocycles. The van der Waals surface area contributed by atoms with Gasteiger partial charge >= 0.3 is 0 Å². The van der Waals surface area contributed by atoms with E-state index in [-0.39, 0.29) is 18.4 Å². The summed E-state index contributed by atoms with van der Waals surface area (Å²) in [7, 11) is 0. The fourth-order valence-corrected chi connectivity index (χ4v) is 5.25. The average molecular weight is 465 g/mol. The van der Waals surface area contributed by atoms with Crippen LogP contribution in [-0.4, -0.2) is 49.1 Å². The van der Waals surface area contributed by atoms with Gasteiger partial charge in [-0.05, 0) is 31.0 Å². The van der Waals surface area contributed by atoms with E-state index < -0.39 is 5.91 Å². The Bertz CT molecular complexity index is 926. The second-order valence-corrected chi connectivity index (χ2v) is 8.80. The fourth-order valence-electron chi connectivity index (χ4n) is 3.75. The Hall–Kier alpha value is -1.97. The van der Waals surface area contributed by atoms with Crippen molar-refractivity contribution < 1.29 is 14.3 Å². The van der Waals surface area contributed by atoms with Gasteiger partial charge in [-0.3, -0.25) is 9.59 Å². The summed E-state index contributed by atoms with van der Waals surface area (Å²) in [5.74, 6) is -0.622. The quantitative estimate of drug-likeness (QED) is 0.749. The van der Waals surface area contributed by atoms with Crippen molar-refractivity contribution in [3.8, 4) is 0 Å². The summed E-state index contributed by atoms with van der Waals surface area (Å²) in [6.07, 6.45) is 0.844. The van der Waals surface area contributed by atoms with Crippen molar-refractivity contribution in [3.63, 3.8) is 0 Å². The van der Waals surface area contributed by atoms with E-state index in [9.17, 15) is 9.59 Å². The molecule has 0 spiro atoms. The number of rotatable bonds is 4. The predicted molar refractivity (Wildman–Crippen MR) is 112 cm³/mol. The molecule has 0 radical (unpaired) electrons. The van der Waals surface area contributed by atoms with Crippen molar-refractivity contribution in [2.75, 3.05) is 36.1 Å². The second kappa shape index (κ2) is 7.81. The number of primary amides is 1. The molecule has 2 aromatic rings. The van der Waals surface area contributed by atoms with E-state index in [4.69, 9.17) is 10.5 Å². The summed E-state index contributed by atoms with van der Waals surface area (Å²) < 4.78 is 6.38. The lowest BCUT2D eigenvalue weighted by Crippen LogP contribution is -2.37. The summed E-state index contributed by atoms with van der Waals surface area (Å²) in [6, 6.07) is 5.92. The first kappa shape index (κ1) is 19.4. The van der Waals surface area contributed by atoms with Gasteiger partial charge in [-0.1, -0.05) is 33.3 Å². The molecule has 0 unspecified atom stereocenters. The molecule has 1 fully saturated rings. The van der Waals surface area contributed by atoms with E-state index in [0.29, 0.717) is 36.9 Å². The molecular formula is C19H21BrN4O3S. The summed E-state index contributed by atoms with van der Waals surface area (Å²) in [6.45, 7) is 4.69. The first-order valence-electron chi connectivity index (χ1n) is 9.17. The highest BCUT2D eigenvalue weighted by Crippen LogP contribution is 2.37. The fraction of sp³-hybridized carbons (Fsp3) is 0.421. The van der Waals surface area contributed by atoms with Crippen LogP contribution in [0.15, 0.2) is 22.7 Å². The topological polar surface area (TPSA) is 88.8 Å². The third-order valence-corrected chi connectivity index (χ3v) is 6.99. The number of anilines is 2. The Morgan fingerprint density at radius 3 is 2.82 bits per heavy atom. The number of morpholine rings is 1. The molecule has 7 nitrogen and oxygen atoms in total. The Morgan fingerprint density at radius 1 is 1.36 bits per heavy atom. The van der Waals surface area contributed by atoms with E-state index in [1.165, 1.54) is 11.3 Å². The Morgan fingerprint density at radius 2 is 2.11 bits per heavy atom. The van der Waals surface area contributed by atoms with Crippen molar-refractivity contribution in [3.05, 3.63) is 38.8 Å². The number of amides is 2. The number of benzene rings is 1. The monoisotopic (exact) mass is 464 g/mol. The predicted octanol–water partition coefficient (Wildman–Crippen LogP) is 2.36. The molecule has 2 N–H and O–H groups in total. The average Bonchev–Trinajstić information content (AvgIpc) is 3.24. The maximum Gasteiger partial charge on any atom is 0.260 e. The van der Waals surface area contributed by atoms with Crippen LogP contribution in [0.1, 0.15) is 27.9 Å². The van der Waals surface area contributed by atoms with Crippen LogP contribution in [0, 0.1) is 0 Å². The first-order chi connectivity index (χ1) is 13.5. The molecule has 3 heterocycles. The zero-order chi connectivity index (χ0) is 19.8. The highest BCUT2D eigenvalue weighted by Gasteiger charge is 2.33. The van der Waals surface area contributed by atoms with Crippen LogP contribution in [-0.2, 0) is 22.4 Å². The number of carbonyl (C=O) groups excluding carboxylic acids is 2. The summed E-state index contributed by atoms with van der Waals surface area (Å²) in [4.78, 5) is 33.9. The zero-order valence-corrected chi connectivity index (χ0v) is 17.9. The molecule has 9 heteroatoms. The smallest absolute Gasteiger partial charge is 0.260 e. The maximum atomic E-state index is 13.1. The molecule has 2 aliphatic rings. The van der Waals surface area contributed by atoms with Gasteiger partial charge in [0.2, 0.25) is 5.91 Å². The lowest BCUT2D eigenvalue weighted by atomic mass is 10.1. The van der Waals surface area contributed by atoms with Gasteiger partial charge < -0.3 is 20.3 Å². The van der Waals surface area contributed by atoms with Crippen molar-refractivity contribution in [1.82, 2.24) is 4.98 Å².